The monoisotopic (exact) mass is 370 g/mol. The number of carbonyl (C=O) groups excluding carboxylic acids is 2. The number of hydrogen-bond donors (Lipinski definition) is 1. The van der Waals surface area contributed by atoms with Gasteiger partial charge in [-0.05, 0) is 36.5 Å². The molecule has 7 heteroatoms. The molecular weight excluding hydrogens is 356 g/mol. The Labute approximate surface area is 154 Å². The van der Waals surface area contributed by atoms with E-state index < -0.39 is 5.91 Å². The van der Waals surface area contributed by atoms with Gasteiger partial charge < -0.3 is 4.74 Å². The Balaban J connectivity index is 1.81. The molecule has 1 aliphatic heterocycles. The summed E-state index contributed by atoms with van der Waals surface area (Å²) in [6.45, 7) is 0. The van der Waals surface area contributed by atoms with Gasteiger partial charge in [-0.1, -0.05) is 48.2 Å². The summed E-state index contributed by atoms with van der Waals surface area (Å²) in [5, 5.41) is 1.09. The Morgan fingerprint density at radius 2 is 1.84 bits per heavy atom. The zero-order valence-corrected chi connectivity index (χ0v) is 14.9. The fourth-order valence-corrected chi connectivity index (χ4v) is 3.42. The number of rotatable bonds is 4. The summed E-state index contributed by atoms with van der Waals surface area (Å²) < 4.78 is 5.56. The van der Waals surface area contributed by atoms with E-state index in [1.807, 2.05) is 30.3 Å². The molecule has 0 bridgehead atoms. The molecule has 0 spiro atoms. The van der Waals surface area contributed by atoms with Crippen LogP contribution >= 0.6 is 24.0 Å². The highest BCUT2D eigenvalue weighted by Crippen LogP contribution is 2.33. The summed E-state index contributed by atoms with van der Waals surface area (Å²) >= 11 is 6.35. The molecule has 0 aromatic heterocycles. The van der Waals surface area contributed by atoms with E-state index in [2.05, 4.69) is 5.43 Å². The van der Waals surface area contributed by atoms with E-state index >= 15 is 0 Å². The number of nitrogens with zero attached hydrogens (tertiary/aromatic N) is 1. The number of thioether (sulfide) groups is 1. The van der Waals surface area contributed by atoms with E-state index in [-0.39, 0.29) is 10.2 Å². The minimum absolute atomic E-state index is 0.274. The van der Waals surface area contributed by atoms with Gasteiger partial charge in [-0.25, -0.2) is 0 Å². The van der Waals surface area contributed by atoms with E-state index in [1.54, 1.807) is 37.5 Å². The van der Waals surface area contributed by atoms with Crippen LogP contribution in [-0.2, 0) is 4.79 Å². The number of benzene rings is 2. The number of methoxy groups -OCH3 is 1. The van der Waals surface area contributed by atoms with Crippen molar-refractivity contribution in [2.75, 3.05) is 7.11 Å². The number of thiocarbonyl (C=S) groups is 1. The molecule has 0 saturated carbocycles. The number of amides is 2. The average molecular weight is 370 g/mol. The lowest BCUT2D eigenvalue weighted by Crippen LogP contribution is -2.44. The van der Waals surface area contributed by atoms with Gasteiger partial charge in [0, 0.05) is 11.1 Å². The van der Waals surface area contributed by atoms with Crippen molar-refractivity contribution in [3.8, 4) is 5.75 Å². The van der Waals surface area contributed by atoms with Gasteiger partial charge in [0.1, 0.15) is 5.75 Å². The Hall–Kier alpha value is -2.64. The summed E-state index contributed by atoms with van der Waals surface area (Å²) in [6.07, 6.45) is 1.70. The molecule has 5 nitrogen and oxygen atoms in total. The molecule has 0 atom stereocenters. The van der Waals surface area contributed by atoms with Crippen molar-refractivity contribution in [1.82, 2.24) is 10.4 Å². The number of nitrogens with one attached hydrogen (secondary N) is 1. The van der Waals surface area contributed by atoms with Gasteiger partial charge in [-0.15, -0.1) is 0 Å². The number of ether oxygens (including phenoxy) is 1. The van der Waals surface area contributed by atoms with Gasteiger partial charge >= 0.3 is 0 Å². The van der Waals surface area contributed by atoms with Crippen LogP contribution in [0.25, 0.3) is 6.08 Å². The lowest BCUT2D eigenvalue weighted by atomic mass is 10.2. The van der Waals surface area contributed by atoms with E-state index in [4.69, 9.17) is 17.0 Å². The summed E-state index contributed by atoms with van der Waals surface area (Å²) in [7, 11) is 1.57. The Morgan fingerprint density at radius 1 is 1.16 bits per heavy atom. The van der Waals surface area contributed by atoms with Crippen LogP contribution in [0.5, 0.6) is 5.75 Å². The smallest absolute Gasteiger partial charge is 0.285 e. The second-order valence-corrected chi connectivity index (χ2v) is 6.74. The zero-order valence-electron chi connectivity index (χ0n) is 13.3. The first kappa shape index (κ1) is 17.2. The van der Waals surface area contributed by atoms with Crippen LogP contribution in [0.3, 0.4) is 0 Å². The zero-order chi connectivity index (χ0) is 17.8. The van der Waals surface area contributed by atoms with Gasteiger partial charge in [0.05, 0.1) is 12.0 Å². The molecule has 0 aliphatic carbocycles. The molecule has 1 N–H and O–H groups in total. The molecule has 0 unspecified atom stereocenters. The quantitative estimate of drug-likeness (QED) is 0.661. The summed E-state index contributed by atoms with van der Waals surface area (Å²) in [5.74, 6) is -0.110. The highest BCUT2D eigenvalue weighted by atomic mass is 32.2. The second kappa shape index (κ2) is 7.50. The first-order chi connectivity index (χ1) is 12.1. The van der Waals surface area contributed by atoms with Crippen molar-refractivity contribution in [2.24, 2.45) is 0 Å². The van der Waals surface area contributed by atoms with Crippen LogP contribution in [0.15, 0.2) is 59.5 Å². The molecule has 1 heterocycles. The fourth-order valence-electron chi connectivity index (χ4n) is 2.25. The Morgan fingerprint density at radius 3 is 2.56 bits per heavy atom. The van der Waals surface area contributed by atoms with Gasteiger partial charge in [0.25, 0.3) is 11.8 Å². The Kier molecular flexibility index (Phi) is 5.16. The van der Waals surface area contributed by atoms with E-state index in [0.29, 0.717) is 16.2 Å². The molecule has 0 radical (unpaired) electrons. The number of hydrogen-bond acceptors (Lipinski definition) is 5. The first-order valence-corrected chi connectivity index (χ1v) is 8.59. The third-order valence-electron chi connectivity index (χ3n) is 3.47. The van der Waals surface area contributed by atoms with E-state index in [0.717, 1.165) is 22.3 Å². The maximum absolute atomic E-state index is 12.6. The first-order valence-electron chi connectivity index (χ1n) is 7.37. The highest BCUT2D eigenvalue weighted by Gasteiger charge is 2.33. The van der Waals surface area contributed by atoms with Crippen LogP contribution < -0.4 is 10.2 Å². The molecule has 1 saturated heterocycles. The SMILES string of the molecule is COc1ccccc1C=C1SC(=S)N(NC(=O)c2ccccc2)C1=O. The molecule has 25 heavy (non-hydrogen) atoms. The standard InChI is InChI=1S/C18H14N2O3S2/c1-23-14-10-6-5-9-13(14)11-15-17(22)20(18(24)25-15)19-16(21)12-7-3-2-4-8-12/h2-11H,1H3,(H,19,21). The largest absolute Gasteiger partial charge is 0.496 e. The summed E-state index contributed by atoms with van der Waals surface area (Å²) in [5.41, 5.74) is 3.76. The van der Waals surface area contributed by atoms with Crippen LogP contribution in [0.1, 0.15) is 15.9 Å². The predicted octanol–water partition coefficient (Wildman–Crippen LogP) is 3.24. The van der Waals surface area contributed by atoms with Crippen LogP contribution in [0.2, 0.25) is 0 Å². The minimum Gasteiger partial charge on any atom is -0.496 e. The number of hydrazine groups is 1. The van der Waals surface area contributed by atoms with Crippen molar-refractivity contribution < 1.29 is 14.3 Å². The fraction of sp³-hybridized carbons (Fsp3) is 0.0556. The minimum atomic E-state index is -0.393. The van der Waals surface area contributed by atoms with Gasteiger partial charge in [-0.2, -0.15) is 5.01 Å². The van der Waals surface area contributed by atoms with Gasteiger partial charge in [-0.3, -0.25) is 15.0 Å². The summed E-state index contributed by atoms with van der Waals surface area (Å²) in [6, 6.07) is 16.0. The average Bonchev–Trinajstić information content (AvgIpc) is 2.90. The molecule has 2 amide bonds. The van der Waals surface area contributed by atoms with Crippen molar-refractivity contribution in [3.05, 3.63) is 70.6 Å². The van der Waals surface area contributed by atoms with E-state index in [9.17, 15) is 9.59 Å². The topological polar surface area (TPSA) is 58.6 Å². The second-order valence-electron chi connectivity index (χ2n) is 5.07. The highest BCUT2D eigenvalue weighted by molar-refractivity contribution is 8.26. The predicted molar refractivity (Wildman–Crippen MR) is 102 cm³/mol. The molecule has 126 valence electrons. The van der Waals surface area contributed by atoms with Gasteiger partial charge in [0.15, 0.2) is 4.32 Å². The van der Waals surface area contributed by atoms with Crippen LogP contribution in [0.4, 0.5) is 0 Å². The lowest BCUT2D eigenvalue weighted by Gasteiger charge is -2.15. The van der Waals surface area contributed by atoms with Crippen molar-refractivity contribution in [2.45, 2.75) is 0 Å². The summed E-state index contributed by atoms with van der Waals surface area (Å²) in [4.78, 5) is 25.2. The van der Waals surface area contributed by atoms with Crippen LogP contribution in [0, 0.1) is 0 Å². The molecular formula is C18H14N2O3S2. The molecule has 2 aromatic rings. The molecule has 1 fully saturated rings. The van der Waals surface area contributed by atoms with Gasteiger partial charge in [0.2, 0.25) is 0 Å². The third kappa shape index (κ3) is 3.72. The lowest BCUT2D eigenvalue weighted by molar-refractivity contribution is -0.123. The van der Waals surface area contributed by atoms with Crippen molar-refractivity contribution in [3.63, 3.8) is 0 Å². The normalized spacial score (nSPS) is 15.6. The Bertz CT molecular complexity index is 866. The van der Waals surface area contributed by atoms with Crippen molar-refractivity contribution >= 4 is 46.2 Å². The maximum Gasteiger partial charge on any atom is 0.285 e. The number of para-hydroxylation sites is 1. The number of carbonyl (C=O) groups is 2. The molecule has 2 aromatic carbocycles. The van der Waals surface area contributed by atoms with Crippen LogP contribution in [-0.4, -0.2) is 28.3 Å². The van der Waals surface area contributed by atoms with E-state index in [1.165, 1.54) is 0 Å². The maximum atomic E-state index is 12.6. The van der Waals surface area contributed by atoms with Crippen molar-refractivity contribution in [1.29, 1.82) is 0 Å². The molecule has 1 aliphatic rings. The molecule has 3 rings (SSSR count). The third-order valence-corrected chi connectivity index (χ3v) is 4.77.